The largest absolute Gasteiger partial charge is 0.493 e. The number of Topliss-reactive ketones (excluding diaryl/α,β-unsaturated/α-hetero) is 1. The van der Waals surface area contributed by atoms with E-state index in [0.29, 0.717) is 31.0 Å². The number of halogens is 1. The Hall–Kier alpha value is -3.48. The Morgan fingerprint density at radius 3 is 2.97 bits per heavy atom. The van der Waals surface area contributed by atoms with Gasteiger partial charge in [0.25, 0.3) is 5.91 Å². The molecule has 0 spiro atoms. The zero-order chi connectivity index (χ0) is 20.7. The molecule has 0 radical (unpaired) electrons. The average Bonchev–Trinajstić information content (AvgIpc) is 2.72. The first-order valence-corrected chi connectivity index (χ1v) is 9.80. The van der Waals surface area contributed by atoms with Gasteiger partial charge in [0.15, 0.2) is 5.78 Å². The monoisotopic (exact) mass is 406 g/mol. The summed E-state index contributed by atoms with van der Waals surface area (Å²) in [6.07, 6.45) is 1.91. The van der Waals surface area contributed by atoms with Crippen LogP contribution in [-0.4, -0.2) is 47.9 Å². The molecule has 0 saturated carbocycles. The second-order valence-electron chi connectivity index (χ2n) is 7.69. The minimum Gasteiger partial charge on any atom is -0.493 e. The van der Waals surface area contributed by atoms with Gasteiger partial charge in [0.05, 0.1) is 17.7 Å². The maximum absolute atomic E-state index is 14.4. The Morgan fingerprint density at radius 1 is 1.23 bits per heavy atom. The molecule has 2 aliphatic rings. The number of hydrogen-bond donors (Lipinski definition) is 0. The smallest absolute Gasteiger partial charge is 0.256 e. The third kappa shape index (κ3) is 3.47. The molecule has 152 valence electrons. The molecule has 7 heteroatoms. The van der Waals surface area contributed by atoms with Crippen molar-refractivity contribution in [1.29, 1.82) is 0 Å². The van der Waals surface area contributed by atoms with Crippen molar-refractivity contribution in [2.45, 2.75) is 6.42 Å². The van der Waals surface area contributed by atoms with Crippen LogP contribution in [0.2, 0.25) is 0 Å². The lowest BCUT2D eigenvalue weighted by molar-refractivity contribution is -0.121. The fourth-order valence-electron chi connectivity index (χ4n) is 3.83. The predicted octanol–water partition coefficient (Wildman–Crippen LogP) is 3.03. The lowest BCUT2D eigenvalue weighted by Gasteiger charge is -2.39. The fraction of sp³-hybridized carbons (Fsp3) is 0.261. The van der Waals surface area contributed by atoms with Gasteiger partial charge < -0.3 is 14.4 Å². The van der Waals surface area contributed by atoms with Gasteiger partial charge in [-0.2, -0.15) is 0 Å². The van der Waals surface area contributed by atoms with Crippen molar-refractivity contribution in [3.8, 4) is 11.5 Å². The summed E-state index contributed by atoms with van der Waals surface area (Å²) in [5.74, 6) is 0.191. The SMILES string of the molecule is O=C1COc2cc(F)c(C(=O)N3CC(COc4ccc5ncccc5c4)C3)cc2C1. The zero-order valence-electron chi connectivity index (χ0n) is 16.1. The van der Waals surface area contributed by atoms with Crippen LogP contribution in [0.3, 0.4) is 0 Å². The summed E-state index contributed by atoms with van der Waals surface area (Å²) in [6.45, 7) is 1.42. The number of rotatable bonds is 4. The molecule has 1 amide bonds. The minimum atomic E-state index is -0.627. The first-order chi connectivity index (χ1) is 14.6. The number of ketones is 1. The van der Waals surface area contributed by atoms with Crippen molar-refractivity contribution in [1.82, 2.24) is 9.88 Å². The van der Waals surface area contributed by atoms with Crippen LogP contribution in [-0.2, 0) is 11.2 Å². The van der Waals surface area contributed by atoms with Gasteiger partial charge >= 0.3 is 0 Å². The highest BCUT2D eigenvalue weighted by Gasteiger charge is 2.33. The molecule has 0 N–H and O–H groups in total. The highest BCUT2D eigenvalue weighted by Crippen LogP contribution is 2.29. The highest BCUT2D eigenvalue weighted by atomic mass is 19.1. The van der Waals surface area contributed by atoms with E-state index < -0.39 is 5.82 Å². The summed E-state index contributed by atoms with van der Waals surface area (Å²) in [7, 11) is 0. The first-order valence-electron chi connectivity index (χ1n) is 9.80. The van der Waals surface area contributed by atoms with Crippen LogP contribution in [0.25, 0.3) is 10.9 Å². The van der Waals surface area contributed by atoms with Crippen molar-refractivity contribution >= 4 is 22.6 Å². The van der Waals surface area contributed by atoms with E-state index in [1.54, 1.807) is 11.1 Å². The third-order valence-electron chi connectivity index (χ3n) is 5.46. The molecule has 3 aromatic rings. The van der Waals surface area contributed by atoms with Crippen LogP contribution in [0.15, 0.2) is 48.7 Å². The molecule has 0 bridgehead atoms. The van der Waals surface area contributed by atoms with E-state index >= 15 is 0 Å². The van der Waals surface area contributed by atoms with Gasteiger partial charge in [-0.05, 0) is 30.3 Å². The highest BCUT2D eigenvalue weighted by molar-refractivity contribution is 5.96. The number of amides is 1. The molecular weight excluding hydrogens is 387 g/mol. The Labute approximate surface area is 172 Å². The van der Waals surface area contributed by atoms with Crippen molar-refractivity contribution in [2.75, 3.05) is 26.3 Å². The average molecular weight is 406 g/mol. The zero-order valence-corrected chi connectivity index (χ0v) is 16.1. The number of carbonyl (C=O) groups is 2. The molecule has 30 heavy (non-hydrogen) atoms. The molecule has 1 saturated heterocycles. The Kier molecular flexibility index (Phi) is 4.58. The van der Waals surface area contributed by atoms with Crippen molar-refractivity contribution in [2.24, 2.45) is 5.92 Å². The van der Waals surface area contributed by atoms with Crippen molar-refractivity contribution < 1.29 is 23.5 Å². The van der Waals surface area contributed by atoms with Gasteiger partial charge in [0.2, 0.25) is 0 Å². The van der Waals surface area contributed by atoms with Crippen molar-refractivity contribution in [3.05, 3.63) is 65.6 Å². The molecule has 1 aromatic heterocycles. The van der Waals surface area contributed by atoms with E-state index in [1.807, 2.05) is 30.3 Å². The molecule has 6 nitrogen and oxygen atoms in total. The quantitative estimate of drug-likeness (QED) is 0.666. The third-order valence-corrected chi connectivity index (χ3v) is 5.46. The maximum atomic E-state index is 14.4. The molecule has 0 unspecified atom stereocenters. The number of fused-ring (bicyclic) bond motifs is 2. The summed E-state index contributed by atoms with van der Waals surface area (Å²) in [6, 6.07) is 12.2. The molecule has 5 rings (SSSR count). The Morgan fingerprint density at radius 2 is 2.10 bits per heavy atom. The van der Waals surface area contributed by atoms with E-state index in [1.165, 1.54) is 12.1 Å². The number of hydrogen-bond acceptors (Lipinski definition) is 5. The summed E-state index contributed by atoms with van der Waals surface area (Å²) < 4.78 is 25.5. The molecule has 0 atom stereocenters. The fourth-order valence-corrected chi connectivity index (χ4v) is 3.83. The van der Waals surface area contributed by atoms with E-state index in [4.69, 9.17) is 9.47 Å². The van der Waals surface area contributed by atoms with Crippen LogP contribution in [0.1, 0.15) is 15.9 Å². The number of carbonyl (C=O) groups excluding carboxylic acids is 2. The van der Waals surface area contributed by atoms with E-state index in [9.17, 15) is 14.0 Å². The Bertz CT molecular complexity index is 1160. The molecule has 3 heterocycles. The van der Waals surface area contributed by atoms with E-state index in [0.717, 1.165) is 16.7 Å². The standard InChI is InChI=1S/C23H19FN2O4/c24-20-9-22-16(6-17(27)13-30-22)8-19(20)23(28)26-10-14(11-26)12-29-18-3-4-21-15(7-18)2-1-5-25-21/h1-5,7-9,14H,6,10-13H2. The lowest BCUT2D eigenvalue weighted by atomic mass is 9.97. The number of ether oxygens (including phenoxy) is 2. The summed E-state index contributed by atoms with van der Waals surface area (Å²) >= 11 is 0. The minimum absolute atomic E-state index is 0.0200. The van der Waals surface area contributed by atoms with Gasteiger partial charge in [-0.3, -0.25) is 14.6 Å². The molecule has 0 aliphatic carbocycles. The predicted molar refractivity (Wildman–Crippen MR) is 107 cm³/mol. The number of pyridine rings is 1. The maximum Gasteiger partial charge on any atom is 0.256 e. The van der Waals surface area contributed by atoms with Gasteiger partial charge in [-0.25, -0.2) is 4.39 Å². The van der Waals surface area contributed by atoms with Gasteiger partial charge in [0.1, 0.15) is 23.9 Å². The van der Waals surface area contributed by atoms with Gasteiger partial charge in [0, 0.05) is 48.6 Å². The van der Waals surface area contributed by atoms with Gasteiger partial charge in [-0.15, -0.1) is 0 Å². The normalized spacial score (nSPS) is 16.0. The van der Waals surface area contributed by atoms with E-state index in [2.05, 4.69) is 4.98 Å². The van der Waals surface area contributed by atoms with E-state index in [-0.39, 0.29) is 36.2 Å². The lowest BCUT2D eigenvalue weighted by Crippen LogP contribution is -2.52. The number of aromatic nitrogens is 1. The molecular formula is C23H19FN2O4. The number of benzene rings is 2. The second kappa shape index (κ2) is 7.40. The molecule has 1 fully saturated rings. The summed E-state index contributed by atoms with van der Waals surface area (Å²) in [5, 5.41) is 1.01. The number of nitrogens with zero attached hydrogens (tertiary/aromatic N) is 2. The van der Waals surface area contributed by atoms with Crippen LogP contribution in [0, 0.1) is 11.7 Å². The van der Waals surface area contributed by atoms with Crippen LogP contribution in [0.4, 0.5) is 4.39 Å². The summed E-state index contributed by atoms with van der Waals surface area (Å²) in [4.78, 5) is 30.1. The topological polar surface area (TPSA) is 68.7 Å². The van der Waals surface area contributed by atoms with Crippen LogP contribution in [0.5, 0.6) is 11.5 Å². The molecule has 2 aromatic carbocycles. The first kappa shape index (κ1) is 18.5. The molecule has 2 aliphatic heterocycles. The van der Waals surface area contributed by atoms with Crippen LogP contribution >= 0.6 is 0 Å². The second-order valence-corrected chi connectivity index (χ2v) is 7.69. The van der Waals surface area contributed by atoms with Crippen molar-refractivity contribution in [3.63, 3.8) is 0 Å². The van der Waals surface area contributed by atoms with Gasteiger partial charge in [-0.1, -0.05) is 6.07 Å². The Balaban J connectivity index is 1.20. The number of likely N-dealkylation sites (tertiary alicyclic amines) is 1. The summed E-state index contributed by atoms with van der Waals surface area (Å²) in [5.41, 5.74) is 1.44. The van der Waals surface area contributed by atoms with Crippen LogP contribution < -0.4 is 9.47 Å².